The lowest BCUT2D eigenvalue weighted by molar-refractivity contribution is -0.167. The summed E-state index contributed by atoms with van der Waals surface area (Å²) in [4.78, 5) is 37.7. The van der Waals surface area contributed by atoms with Crippen molar-refractivity contribution in [2.45, 2.75) is 232 Å². The molecule has 0 saturated heterocycles. The van der Waals surface area contributed by atoms with Gasteiger partial charge in [0.15, 0.2) is 6.10 Å². The van der Waals surface area contributed by atoms with E-state index in [0.29, 0.717) is 25.7 Å². The third-order valence-corrected chi connectivity index (χ3v) is 9.80. The summed E-state index contributed by atoms with van der Waals surface area (Å²) in [6.07, 6.45) is 51.0. The van der Waals surface area contributed by atoms with E-state index in [0.717, 1.165) is 70.6 Å². The lowest BCUT2D eigenvalue weighted by Gasteiger charge is -2.18. The monoisotopic (exact) mass is 771 g/mol. The second-order valence-corrected chi connectivity index (χ2v) is 15.3. The first-order valence-electron chi connectivity index (χ1n) is 23.2. The van der Waals surface area contributed by atoms with Crippen molar-refractivity contribution in [2.24, 2.45) is 0 Å². The zero-order valence-corrected chi connectivity index (χ0v) is 36.2. The number of hydrogen-bond donors (Lipinski definition) is 0. The van der Waals surface area contributed by atoms with E-state index in [9.17, 15) is 14.4 Å². The highest BCUT2D eigenvalue weighted by Crippen LogP contribution is 2.13. The molecule has 0 aliphatic rings. The predicted octanol–water partition coefficient (Wildman–Crippen LogP) is 14.8. The van der Waals surface area contributed by atoms with E-state index in [4.69, 9.17) is 14.2 Å². The number of carbonyl (C=O) groups is 3. The molecule has 0 aromatic heterocycles. The number of hydrogen-bond acceptors (Lipinski definition) is 6. The summed E-state index contributed by atoms with van der Waals surface area (Å²) in [5.41, 5.74) is 0. The van der Waals surface area contributed by atoms with Crippen LogP contribution in [0.25, 0.3) is 0 Å². The summed E-state index contributed by atoms with van der Waals surface area (Å²) < 4.78 is 16.6. The standard InChI is InChI=1S/C49H86O6/c1-4-7-10-13-16-19-21-23-24-26-27-30-33-36-39-42-48(51)54-45-46(44-53-47(50)41-38-35-32-29-18-15-12-9-6-3)55-49(52)43-40-37-34-31-28-25-22-20-17-14-11-8-5-2/h16,19,21,23,25,28-29,32,46H,4-15,17-18,20,22,24,26-27,30-31,33-45H2,1-3H3/b19-16-,23-21-,28-25-,32-29-. The normalized spacial score (nSPS) is 12.4. The number of ether oxygens (including phenoxy) is 3. The molecular formula is C49H86O6. The van der Waals surface area contributed by atoms with E-state index in [1.54, 1.807) is 0 Å². The van der Waals surface area contributed by atoms with Crippen molar-refractivity contribution in [3.63, 3.8) is 0 Å². The van der Waals surface area contributed by atoms with Crippen LogP contribution in [0.3, 0.4) is 0 Å². The summed E-state index contributed by atoms with van der Waals surface area (Å²) in [6.45, 7) is 6.51. The third kappa shape index (κ3) is 42.4. The second-order valence-electron chi connectivity index (χ2n) is 15.3. The van der Waals surface area contributed by atoms with Crippen molar-refractivity contribution >= 4 is 17.9 Å². The van der Waals surface area contributed by atoms with E-state index >= 15 is 0 Å². The first-order valence-corrected chi connectivity index (χ1v) is 23.2. The molecule has 0 bridgehead atoms. The Kier molecular flexibility index (Phi) is 42.0. The lowest BCUT2D eigenvalue weighted by atomic mass is 10.1. The van der Waals surface area contributed by atoms with Crippen LogP contribution in [0.15, 0.2) is 48.6 Å². The number of unbranched alkanes of at least 4 members (excludes halogenated alkanes) is 23. The Labute approximate surface area is 339 Å². The summed E-state index contributed by atoms with van der Waals surface area (Å²) in [7, 11) is 0. The minimum atomic E-state index is -0.793. The first-order chi connectivity index (χ1) is 27.0. The Morgan fingerprint density at radius 1 is 0.364 bits per heavy atom. The number of esters is 3. The molecule has 0 aromatic rings. The smallest absolute Gasteiger partial charge is 0.306 e. The van der Waals surface area contributed by atoms with Gasteiger partial charge < -0.3 is 14.2 Å². The second kappa shape index (κ2) is 44.1. The largest absolute Gasteiger partial charge is 0.462 e. The molecule has 0 fully saturated rings. The van der Waals surface area contributed by atoms with E-state index in [1.165, 1.54) is 109 Å². The van der Waals surface area contributed by atoms with E-state index in [-0.39, 0.29) is 31.1 Å². The third-order valence-electron chi connectivity index (χ3n) is 9.80. The molecule has 0 heterocycles. The maximum atomic E-state index is 12.7. The summed E-state index contributed by atoms with van der Waals surface area (Å²) in [6, 6.07) is 0. The van der Waals surface area contributed by atoms with Crippen LogP contribution in [-0.2, 0) is 28.6 Å². The zero-order valence-electron chi connectivity index (χ0n) is 36.2. The molecule has 0 aliphatic heterocycles. The van der Waals surface area contributed by atoms with Crippen LogP contribution >= 0.6 is 0 Å². The van der Waals surface area contributed by atoms with Crippen molar-refractivity contribution in [2.75, 3.05) is 13.2 Å². The molecule has 0 radical (unpaired) electrons. The van der Waals surface area contributed by atoms with Crippen LogP contribution in [0.4, 0.5) is 0 Å². The summed E-state index contributed by atoms with van der Waals surface area (Å²) >= 11 is 0. The summed E-state index contributed by atoms with van der Waals surface area (Å²) in [5.74, 6) is -0.959. The predicted molar refractivity (Wildman–Crippen MR) is 233 cm³/mol. The highest BCUT2D eigenvalue weighted by Gasteiger charge is 2.19. The molecule has 0 saturated carbocycles. The molecule has 0 spiro atoms. The quantitative estimate of drug-likeness (QED) is 0.0202. The molecule has 6 heteroatoms. The van der Waals surface area contributed by atoms with Gasteiger partial charge in [0, 0.05) is 19.3 Å². The Bertz CT molecular complexity index is 980. The average Bonchev–Trinajstić information content (AvgIpc) is 3.18. The Morgan fingerprint density at radius 2 is 0.673 bits per heavy atom. The molecular weight excluding hydrogens is 685 g/mol. The van der Waals surface area contributed by atoms with Gasteiger partial charge in [-0.2, -0.15) is 0 Å². The van der Waals surface area contributed by atoms with Gasteiger partial charge in [0.2, 0.25) is 0 Å². The van der Waals surface area contributed by atoms with E-state index < -0.39 is 6.10 Å². The average molecular weight is 771 g/mol. The van der Waals surface area contributed by atoms with Crippen molar-refractivity contribution in [1.29, 1.82) is 0 Å². The van der Waals surface area contributed by atoms with Crippen LogP contribution in [0, 0.1) is 0 Å². The van der Waals surface area contributed by atoms with E-state index in [1.807, 2.05) is 0 Å². The highest BCUT2D eigenvalue weighted by atomic mass is 16.6. The Hall–Kier alpha value is -2.63. The van der Waals surface area contributed by atoms with Crippen LogP contribution in [0.5, 0.6) is 0 Å². The van der Waals surface area contributed by atoms with Crippen LogP contribution in [0.2, 0.25) is 0 Å². The number of allylic oxidation sites excluding steroid dienone is 8. The highest BCUT2D eigenvalue weighted by molar-refractivity contribution is 5.71. The van der Waals surface area contributed by atoms with Crippen molar-refractivity contribution in [3.05, 3.63) is 48.6 Å². The minimum absolute atomic E-state index is 0.0938. The fourth-order valence-corrected chi connectivity index (χ4v) is 6.25. The van der Waals surface area contributed by atoms with Gasteiger partial charge in [-0.1, -0.05) is 166 Å². The molecule has 6 nitrogen and oxygen atoms in total. The Morgan fingerprint density at radius 3 is 1.16 bits per heavy atom. The van der Waals surface area contributed by atoms with Gasteiger partial charge in [0.1, 0.15) is 13.2 Å². The maximum Gasteiger partial charge on any atom is 0.306 e. The molecule has 55 heavy (non-hydrogen) atoms. The van der Waals surface area contributed by atoms with Crippen molar-refractivity contribution in [3.8, 4) is 0 Å². The minimum Gasteiger partial charge on any atom is -0.462 e. The molecule has 0 amide bonds. The molecule has 0 rings (SSSR count). The molecule has 1 unspecified atom stereocenters. The fourth-order valence-electron chi connectivity index (χ4n) is 6.25. The SMILES string of the molecule is CCCCC/C=C\C=C/CCCCCCCCC(=O)OCC(COC(=O)CCC/C=C\CCCCCC)OC(=O)CCCCC/C=C\CCCCCCCC. The van der Waals surface area contributed by atoms with E-state index in [2.05, 4.69) is 69.4 Å². The lowest BCUT2D eigenvalue weighted by Crippen LogP contribution is -2.30. The van der Waals surface area contributed by atoms with Gasteiger partial charge in [0.25, 0.3) is 0 Å². The van der Waals surface area contributed by atoms with Gasteiger partial charge in [-0.25, -0.2) is 0 Å². The molecule has 1 atom stereocenters. The van der Waals surface area contributed by atoms with Crippen molar-refractivity contribution < 1.29 is 28.6 Å². The van der Waals surface area contributed by atoms with Crippen molar-refractivity contribution in [1.82, 2.24) is 0 Å². The molecule has 318 valence electrons. The fraction of sp³-hybridized carbons (Fsp3) is 0.776. The topological polar surface area (TPSA) is 78.9 Å². The zero-order chi connectivity index (χ0) is 40.1. The molecule has 0 aromatic carbocycles. The Balaban J connectivity index is 4.41. The van der Waals surface area contributed by atoms with Gasteiger partial charge >= 0.3 is 17.9 Å². The van der Waals surface area contributed by atoms with Gasteiger partial charge in [-0.05, 0) is 89.9 Å². The maximum absolute atomic E-state index is 12.7. The van der Waals surface area contributed by atoms with Gasteiger partial charge in [0.05, 0.1) is 0 Å². The number of carbonyl (C=O) groups excluding carboxylic acids is 3. The van der Waals surface area contributed by atoms with Crippen LogP contribution in [0.1, 0.15) is 226 Å². The van der Waals surface area contributed by atoms with Gasteiger partial charge in [-0.3, -0.25) is 14.4 Å². The number of rotatable bonds is 41. The molecule has 0 N–H and O–H groups in total. The molecule has 0 aliphatic carbocycles. The van der Waals surface area contributed by atoms with Crippen LogP contribution < -0.4 is 0 Å². The van der Waals surface area contributed by atoms with Gasteiger partial charge in [-0.15, -0.1) is 0 Å². The van der Waals surface area contributed by atoms with Crippen LogP contribution in [-0.4, -0.2) is 37.2 Å². The first kappa shape index (κ1) is 52.4. The summed E-state index contributed by atoms with van der Waals surface area (Å²) in [5, 5.41) is 0.